The molecule has 0 spiro atoms. The minimum absolute atomic E-state index is 0.155. The van der Waals surface area contributed by atoms with Crippen molar-refractivity contribution < 1.29 is 5.11 Å². The Morgan fingerprint density at radius 3 is 2.60 bits per heavy atom. The first-order valence-electron chi connectivity index (χ1n) is 4.09. The summed E-state index contributed by atoms with van der Waals surface area (Å²) in [6.45, 7) is 4.96. The largest absolute Gasteiger partial charge is 0.392 e. The van der Waals surface area contributed by atoms with E-state index < -0.39 is 0 Å². The Hall–Kier alpha value is -0.0800. The van der Waals surface area contributed by atoms with Crippen molar-refractivity contribution in [3.8, 4) is 0 Å². The Bertz CT molecular complexity index is 110. The van der Waals surface area contributed by atoms with E-state index in [0.717, 1.165) is 13.0 Å². The first-order valence-corrected chi connectivity index (χ1v) is 4.09. The fourth-order valence-electron chi connectivity index (χ4n) is 0.873. The van der Waals surface area contributed by atoms with Crippen LogP contribution in [0.5, 0.6) is 0 Å². The van der Waals surface area contributed by atoms with Crippen LogP contribution in [0.1, 0.15) is 33.1 Å². The molecule has 0 saturated heterocycles. The van der Waals surface area contributed by atoms with E-state index in [-0.39, 0.29) is 6.10 Å². The van der Waals surface area contributed by atoms with Crippen LogP contribution in [0.2, 0.25) is 0 Å². The van der Waals surface area contributed by atoms with Gasteiger partial charge in [-0.15, -0.1) is 0 Å². The van der Waals surface area contributed by atoms with Gasteiger partial charge in [0, 0.05) is 12.1 Å². The highest BCUT2D eigenvalue weighted by atomic mass is 16.3. The Kier molecular flexibility index (Phi) is 2.32. The number of aliphatic hydroxyl groups is 1. The van der Waals surface area contributed by atoms with Gasteiger partial charge in [0.2, 0.25) is 0 Å². The molecule has 0 aromatic heterocycles. The van der Waals surface area contributed by atoms with Crippen molar-refractivity contribution in [3.05, 3.63) is 0 Å². The molecule has 0 bridgehead atoms. The van der Waals surface area contributed by atoms with Crippen LogP contribution in [0.3, 0.4) is 0 Å². The second-order valence-corrected chi connectivity index (χ2v) is 3.50. The number of rotatable bonds is 4. The molecular weight excluding hydrogens is 126 g/mol. The summed E-state index contributed by atoms with van der Waals surface area (Å²) in [4.78, 5) is 0. The Morgan fingerprint density at radius 1 is 1.60 bits per heavy atom. The molecule has 1 unspecified atom stereocenters. The average Bonchev–Trinajstić information content (AvgIpc) is 2.64. The van der Waals surface area contributed by atoms with Gasteiger partial charge in [0.15, 0.2) is 0 Å². The monoisotopic (exact) mass is 143 g/mol. The second kappa shape index (κ2) is 2.89. The van der Waals surface area contributed by atoms with E-state index in [2.05, 4.69) is 12.2 Å². The molecule has 1 atom stereocenters. The lowest BCUT2D eigenvalue weighted by molar-refractivity contribution is 0.162. The molecule has 2 N–H and O–H groups in total. The smallest absolute Gasteiger partial charge is 0.0662 e. The summed E-state index contributed by atoms with van der Waals surface area (Å²) in [6, 6.07) is 0. The fourth-order valence-corrected chi connectivity index (χ4v) is 0.873. The van der Waals surface area contributed by atoms with Crippen molar-refractivity contribution >= 4 is 0 Å². The molecule has 0 radical (unpaired) electrons. The molecule has 1 aliphatic rings. The summed E-state index contributed by atoms with van der Waals surface area (Å²) in [5.74, 6) is 0. The number of nitrogens with one attached hydrogen (secondary N) is 1. The van der Waals surface area contributed by atoms with Crippen LogP contribution in [0.4, 0.5) is 0 Å². The van der Waals surface area contributed by atoms with Crippen LogP contribution in [-0.4, -0.2) is 23.3 Å². The van der Waals surface area contributed by atoms with Gasteiger partial charge in [0.25, 0.3) is 0 Å². The van der Waals surface area contributed by atoms with Crippen molar-refractivity contribution in [2.75, 3.05) is 6.54 Å². The maximum atomic E-state index is 9.19. The number of hydrogen-bond donors (Lipinski definition) is 2. The molecule has 1 aliphatic carbocycles. The maximum absolute atomic E-state index is 9.19. The summed E-state index contributed by atoms with van der Waals surface area (Å²) in [7, 11) is 0. The van der Waals surface area contributed by atoms with Crippen LogP contribution < -0.4 is 5.32 Å². The van der Waals surface area contributed by atoms with Crippen molar-refractivity contribution in [2.24, 2.45) is 0 Å². The molecule has 0 amide bonds. The van der Waals surface area contributed by atoms with Gasteiger partial charge in [-0.05, 0) is 26.2 Å². The van der Waals surface area contributed by atoms with E-state index in [1.165, 1.54) is 12.8 Å². The van der Waals surface area contributed by atoms with E-state index >= 15 is 0 Å². The lowest BCUT2D eigenvalue weighted by Gasteiger charge is -2.13. The number of aliphatic hydroxyl groups excluding tert-OH is 1. The molecule has 0 aliphatic heterocycles. The van der Waals surface area contributed by atoms with Crippen LogP contribution in [0.15, 0.2) is 0 Å². The predicted octanol–water partition coefficient (Wildman–Crippen LogP) is 0.899. The van der Waals surface area contributed by atoms with Gasteiger partial charge in [-0.1, -0.05) is 6.92 Å². The standard InChI is InChI=1S/C8H17NO/c1-3-7(10)6-9-8(2)4-5-8/h7,9-10H,3-6H2,1-2H3. The first kappa shape index (κ1) is 8.02. The molecule has 0 aromatic carbocycles. The summed E-state index contributed by atoms with van der Waals surface area (Å²) < 4.78 is 0. The molecule has 60 valence electrons. The minimum Gasteiger partial charge on any atom is -0.392 e. The van der Waals surface area contributed by atoms with Gasteiger partial charge in [-0.25, -0.2) is 0 Å². The Labute approximate surface area is 62.6 Å². The summed E-state index contributed by atoms with van der Waals surface area (Å²) in [5, 5.41) is 12.5. The van der Waals surface area contributed by atoms with Crippen LogP contribution in [0.25, 0.3) is 0 Å². The third-order valence-corrected chi connectivity index (χ3v) is 2.24. The zero-order valence-corrected chi connectivity index (χ0v) is 6.85. The van der Waals surface area contributed by atoms with E-state index in [9.17, 15) is 5.11 Å². The van der Waals surface area contributed by atoms with Gasteiger partial charge < -0.3 is 10.4 Å². The number of hydrogen-bond acceptors (Lipinski definition) is 2. The molecule has 1 fully saturated rings. The van der Waals surface area contributed by atoms with Crippen molar-refractivity contribution in [1.29, 1.82) is 0 Å². The van der Waals surface area contributed by atoms with Crippen LogP contribution in [0, 0.1) is 0 Å². The predicted molar refractivity (Wildman–Crippen MR) is 41.9 cm³/mol. The normalized spacial score (nSPS) is 24.3. The van der Waals surface area contributed by atoms with E-state index in [4.69, 9.17) is 0 Å². The average molecular weight is 143 g/mol. The highest BCUT2D eigenvalue weighted by molar-refractivity contribution is 4.97. The van der Waals surface area contributed by atoms with Crippen LogP contribution in [-0.2, 0) is 0 Å². The zero-order chi connectivity index (χ0) is 7.61. The molecule has 2 nitrogen and oxygen atoms in total. The lowest BCUT2D eigenvalue weighted by atomic mass is 10.2. The minimum atomic E-state index is -0.155. The molecule has 0 heterocycles. The molecule has 1 rings (SSSR count). The lowest BCUT2D eigenvalue weighted by Crippen LogP contribution is -2.34. The van der Waals surface area contributed by atoms with Gasteiger partial charge in [-0.2, -0.15) is 0 Å². The van der Waals surface area contributed by atoms with E-state index in [1.54, 1.807) is 0 Å². The SMILES string of the molecule is CCC(O)CNC1(C)CC1. The third-order valence-electron chi connectivity index (χ3n) is 2.24. The second-order valence-electron chi connectivity index (χ2n) is 3.50. The highest BCUT2D eigenvalue weighted by Gasteiger charge is 2.36. The van der Waals surface area contributed by atoms with Gasteiger partial charge in [0.05, 0.1) is 6.10 Å². The third kappa shape index (κ3) is 2.27. The van der Waals surface area contributed by atoms with Crippen molar-refractivity contribution in [2.45, 2.75) is 44.8 Å². The van der Waals surface area contributed by atoms with Crippen molar-refractivity contribution in [1.82, 2.24) is 5.32 Å². The van der Waals surface area contributed by atoms with E-state index in [0.29, 0.717) is 5.54 Å². The molecule has 2 heteroatoms. The molecule has 1 saturated carbocycles. The summed E-state index contributed by atoms with van der Waals surface area (Å²) in [6.07, 6.45) is 3.23. The van der Waals surface area contributed by atoms with Gasteiger partial charge >= 0.3 is 0 Å². The van der Waals surface area contributed by atoms with Crippen LogP contribution >= 0.6 is 0 Å². The summed E-state index contributed by atoms with van der Waals surface area (Å²) in [5.41, 5.74) is 0.371. The molecule has 10 heavy (non-hydrogen) atoms. The van der Waals surface area contributed by atoms with E-state index in [1.807, 2.05) is 6.92 Å². The molecule has 0 aromatic rings. The summed E-state index contributed by atoms with van der Waals surface area (Å²) >= 11 is 0. The number of β-amino-alcohol motifs (C(OH)–C–C–N with tert-alkyl or cyclic N) is 1. The Balaban J connectivity index is 2.04. The van der Waals surface area contributed by atoms with Gasteiger partial charge in [0.1, 0.15) is 0 Å². The Morgan fingerprint density at radius 2 is 2.20 bits per heavy atom. The highest BCUT2D eigenvalue weighted by Crippen LogP contribution is 2.33. The molecular formula is C8H17NO. The quantitative estimate of drug-likeness (QED) is 0.613. The first-order chi connectivity index (χ1) is 4.66. The maximum Gasteiger partial charge on any atom is 0.0662 e. The zero-order valence-electron chi connectivity index (χ0n) is 6.85. The van der Waals surface area contributed by atoms with Crippen molar-refractivity contribution in [3.63, 3.8) is 0 Å². The fraction of sp³-hybridized carbons (Fsp3) is 1.00. The van der Waals surface area contributed by atoms with Gasteiger partial charge in [-0.3, -0.25) is 0 Å². The topological polar surface area (TPSA) is 32.3 Å².